The van der Waals surface area contributed by atoms with E-state index >= 15 is 0 Å². The van der Waals surface area contributed by atoms with E-state index in [-0.39, 0.29) is 0 Å². The summed E-state index contributed by atoms with van der Waals surface area (Å²) in [5, 5.41) is 12.7. The van der Waals surface area contributed by atoms with E-state index in [9.17, 15) is 23.1 Å². The number of carbonyl (C=O) groups excluding carboxylic acids is 2. The molecule has 0 unspecified atom stereocenters. The predicted molar refractivity (Wildman–Crippen MR) is 89.6 cm³/mol. The third kappa shape index (κ3) is 2.46. The van der Waals surface area contributed by atoms with Gasteiger partial charge in [0.15, 0.2) is 9.84 Å². The summed E-state index contributed by atoms with van der Waals surface area (Å²) in [7, 11) is -3.46. The molecule has 2 N–H and O–H groups in total. The number of urea groups is 1. The molecule has 1 aliphatic carbocycles. The highest BCUT2D eigenvalue weighted by Crippen LogP contribution is 2.34. The maximum atomic E-state index is 13.0. The number of carbonyl (C=O) groups is 2. The molecule has 2 heterocycles. The van der Waals surface area contributed by atoms with E-state index in [1.807, 2.05) is 18.2 Å². The van der Waals surface area contributed by atoms with Crippen molar-refractivity contribution in [2.75, 3.05) is 11.5 Å². The van der Waals surface area contributed by atoms with Crippen LogP contribution < -0.4 is 5.32 Å². The molecule has 1 aromatic carbocycles. The van der Waals surface area contributed by atoms with Gasteiger partial charge in [0.25, 0.3) is 5.91 Å². The fourth-order valence-electron chi connectivity index (χ4n) is 4.10. The number of imide groups is 1. The average molecular weight is 364 g/mol. The third-order valence-electron chi connectivity index (χ3n) is 5.52. The van der Waals surface area contributed by atoms with Crippen molar-refractivity contribution < 1.29 is 23.1 Å². The van der Waals surface area contributed by atoms with Crippen molar-refractivity contribution in [1.82, 2.24) is 10.2 Å². The Kier molecular flexibility index (Phi) is 3.49. The zero-order valence-electron chi connectivity index (χ0n) is 13.9. The Labute approximate surface area is 145 Å². The molecule has 8 heteroatoms. The summed E-state index contributed by atoms with van der Waals surface area (Å²) in [5.74, 6) is -1.34. The zero-order chi connectivity index (χ0) is 18.0. The lowest BCUT2D eigenvalue weighted by molar-refractivity contribution is -0.133. The minimum atomic E-state index is -3.46. The molecule has 0 spiro atoms. The lowest BCUT2D eigenvalue weighted by Gasteiger charge is -2.26. The molecule has 2 saturated heterocycles. The highest BCUT2D eigenvalue weighted by Gasteiger charge is 2.55. The van der Waals surface area contributed by atoms with Gasteiger partial charge in [-0.15, -0.1) is 0 Å². The van der Waals surface area contributed by atoms with E-state index in [4.69, 9.17) is 0 Å². The van der Waals surface area contributed by atoms with Crippen LogP contribution in [0.15, 0.2) is 18.2 Å². The summed E-state index contributed by atoms with van der Waals surface area (Å²) in [6.45, 7) is 1.62. The summed E-state index contributed by atoms with van der Waals surface area (Å²) in [6, 6.07) is 4.09. The van der Waals surface area contributed by atoms with Crippen molar-refractivity contribution in [2.45, 2.75) is 43.9 Å². The molecule has 7 nitrogen and oxygen atoms in total. The van der Waals surface area contributed by atoms with E-state index in [0.29, 0.717) is 5.56 Å². The van der Waals surface area contributed by atoms with E-state index in [2.05, 4.69) is 5.32 Å². The first-order valence-corrected chi connectivity index (χ1v) is 10.2. The number of nitrogens with zero attached hydrogens (tertiary/aromatic N) is 1. The highest BCUT2D eigenvalue weighted by molar-refractivity contribution is 7.91. The molecular formula is C17H20N2O5S. The van der Waals surface area contributed by atoms with Crippen LogP contribution in [0.4, 0.5) is 4.79 Å². The first-order chi connectivity index (χ1) is 11.7. The number of fused-ring (bicyclic) bond motifs is 1. The normalized spacial score (nSPS) is 33.6. The van der Waals surface area contributed by atoms with E-state index in [1.165, 1.54) is 11.1 Å². The Balaban J connectivity index is 1.69. The molecule has 0 aromatic heterocycles. The Hall–Kier alpha value is -1.93. The second-order valence-electron chi connectivity index (χ2n) is 7.28. The van der Waals surface area contributed by atoms with Crippen molar-refractivity contribution in [3.05, 3.63) is 34.9 Å². The number of rotatable bonds is 2. The number of aliphatic hydroxyl groups is 1. The number of amides is 3. The van der Waals surface area contributed by atoms with Crippen molar-refractivity contribution in [2.24, 2.45) is 0 Å². The maximum Gasteiger partial charge on any atom is 0.325 e. The van der Waals surface area contributed by atoms with Crippen molar-refractivity contribution in [3.63, 3.8) is 0 Å². The number of sulfone groups is 1. The smallest absolute Gasteiger partial charge is 0.325 e. The SMILES string of the molecule is C[C@]1(c2ccc3c(c2)CCC3)NC(=O)N([C@H]2CS(=O)(=O)C[C@@H]2O)C1=O. The Morgan fingerprint density at radius 2 is 1.92 bits per heavy atom. The van der Waals surface area contributed by atoms with Crippen LogP contribution in [-0.4, -0.2) is 54.0 Å². The number of benzene rings is 1. The molecule has 0 saturated carbocycles. The minimum absolute atomic E-state index is 0.395. The van der Waals surface area contributed by atoms with Gasteiger partial charge in [-0.3, -0.25) is 9.69 Å². The quantitative estimate of drug-likeness (QED) is 0.725. The van der Waals surface area contributed by atoms with Crippen molar-refractivity contribution >= 4 is 21.8 Å². The molecule has 4 rings (SSSR count). The van der Waals surface area contributed by atoms with Gasteiger partial charge in [-0.2, -0.15) is 0 Å². The van der Waals surface area contributed by atoms with Crippen LogP contribution in [0.1, 0.15) is 30.0 Å². The maximum absolute atomic E-state index is 13.0. The second kappa shape index (κ2) is 5.28. The average Bonchev–Trinajstić information content (AvgIpc) is 3.15. The highest BCUT2D eigenvalue weighted by atomic mass is 32.2. The molecule has 3 aliphatic rings. The third-order valence-corrected chi connectivity index (χ3v) is 7.22. The zero-order valence-corrected chi connectivity index (χ0v) is 14.7. The number of aryl methyl sites for hydroxylation is 2. The summed E-state index contributed by atoms with van der Waals surface area (Å²) in [4.78, 5) is 26.3. The predicted octanol–water partition coefficient (Wildman–Crippen LogP) is 0.100. The molecule has 1 aromatic rings. The van der Waals surface area contributed by atoms with Crippen LogP contribution in [0.3, 0.4) is 0 Å². The van der Waals surface area contributed by atoms with Gasteiger partial charge in [-0.1, -0.05) is 18.2 Å². The molecule has 0 radical (unpaired) electrons. The van der Waals surface area contributed by atoms with Crippen molar-refractivity contribution in [3.8, 4) is 0 Å². The minimum Gasteiger partial charge on any atom is -0.390 e. The van der Waals surface area contributed by atoms with Crippen LogP contribution in [0.25, 0.3) is 0 Å². The summed E-state index contributed by atoms with van der Waals surface area (Å²) >= 11 is 0. The van der Waals surface area contributed by atoms with Gasteiger partial charge in [-0.05, 0) is 42.9 Å². The van der Waals surface area contributed by atoms with Crippen LogP contribution >= 0.6 is 0 Å². The van der Waals surface area contributed by atoms with Gasteiger partial charge < -0.3 is 10.4 Å². The monoisotopic (exact) mass is 364 g/mol. The van der Waals surface area contributed by atoms with E-state index in [0.717, 1.165) is 24.2 Å². The molecule has 2 fully saturated rings. The van der Waals surface area contributed by atoms with Crippen molar-refractivity contribution in [1.29, 1.82) is 0 Å². The first-order valence-electron chi connectivity index (χ1n) is 8.38. The number of hydrogen-bond acceptors (Lipinski definition) is 5. The topological polar surface area (TPSA) is 104 Å². The number of hydrogen-bond donors (Lipinski definition) is 2. The van der Waals surface area contributed by atoms with Gasteiger partial charge >= 0.3 is 6.03 Å². The lowest BCUT2D eigenvalue weighted by atomic mass is 9.89. The molecule has 25 heavy (non-hydrogen) atoms. The molecule has 3 atom stereocenters. The van der Waals surface area contributed by atoms with E-state index in [1.54, 1.807) is 6.92 Å². The standard InChI is InChI=1S/C17H20N2O5S/c1-17(12-6-5-10-3-2-4-11(10)7-12)15(21)19(16(22)18-17)13-8-25(23,24)9-14(13)20/h5-7,13-14,20H,2-4,8-9H2,1H3,(H,18,22)/t13-,14-,17+/m0/s1. The van der Waals surface area contributed by atoms with Gasteiger partial charge in [0.2, 0.25) is 0 Å². The van der Waals surface area contributed by atoms with E-state index < -0.39 is 51.0 Å². The largest absolute Gasteiger partial charge is 0.390 e. The Morgan fingerprint density at radius 3 is 2.60 bits per heavy atom. The molecule has 2 aliphatic heterocycles. The number of nitrogens with one attached hydrogen (secondary N) is 1. The molecular weight excluding hydrogens is 344 g/mol. The van der Waals surface area contributed by atoms with Crippen LogP contribution in [0, 0.1) is 0 Å². The summed E-state index contributed by atoms with van der Waals surface area (Å²) in [5.41, 5.74) is 1.88. The summed E-state index contributed by atoms with van der Waals surface area (Å²) in [6.07, 6.45) is 1.80. The summed E-state index contributed by atoms with van der Waals surface area (Å²) < 4.78 is 23.5. The number of aliphatic hydroxyl groups excluding tert-OH is 1. The molecule has 134 valence electrons. The van der Waals surface area contributed by atoms with Gasteiger partial charge in [-0.25, -0.2) is 13.2 Å². The van der Waals surface area contributed by atoms with Gasteiger partial charge in [0, 0.05) is 0 Å². The molecule has 0 bridgehead atoms. The van der Waals surface area contributed by atoms with Crippen LogP contribution in [0.5, 0.6) is 0 Å². The Bertz CT molecular complexity index is 881. The van der Waals surface area contributed by atoms with Crippen LogP contribution in [0.2, 0.25) is 0 Å². The van der Waals surface area contributed by atoms with Crippen LogP contribution in [-0.2, 0) is 33.0 Å². The fraction of sp³-hybridized carbons (Fsp3) is 0.529. The first kappa shape index (κ1) is 16.5. The van der Waals surface area contributed by atoms with Gasteiger partial charge in [0.1, 0.15) is 5.54 Å². The fourth-order valence-corrected chi connectivity index (χ4v) is 5.87. The van der Waals surface area contributed by atoms with Gasteiger partial charge in [0.05, 0.1) is 23.7 Å². The second-order valence-corrected chi connectivity index (χ2v) is 9.43. The molecule has 3 amide bonds. The Morgan fingerprint density at radius 1 is 1.20 bits per heavy atom. The lowest BCUT2D eigenvalue weighted by Crippen LogP contribution is -2.48.